The number of anilines is 5. The highest BCUT2D eigenvalue weighted by Crippen LogP contribution is 2.57. The normalized spacial score (nSPS) is 17.0. The van der Waals surface area contributed by atoms with Gasteiger partial charge in [-0.15, -0.1) is 0 Å². The van der Waals surface area contributed by atoms with E-state index in [-0.39, 0.29) is 21.7 Å². The highest BCUT2D eigenvalue weighted by Gasteiger charge is 2.41. The first-order valence-corrected chi connectivity index (χ1v) is 37.9. The number of aryl methyl sites for hydroxylation is 4. The molecule has 6 aliphatic rings. The van der Waals surface area contributed by atoms with Crippen molar-refractivity contribution in [3.63, 3.8) is 0 Å². The molecule has 0 aliphatic heterocycles. The van der Waals surface area contributed by atoms with E-state index in [1.165, 1.54) is 201 Å². The molecule has 0 saturated carbocycles. The Morgan fingerprint density at radius 1 is 0.298 bits per heavy atom. The molecule has 1 atom stereocenters. The molecule has 0 N–H and O–H groups in total. The largest absolute Gasteiger partial charge is 0.311 e. The van der Waals surface area contributed by atoms with Gasteiger partial charge in [0.2, 0.25) is 0 Å². The number of hydrogen-bond donors (Lipinski definition) is 0. The molecule has 2 nitrogen and oxygen atoms in total. The third-order valence-corrected chi connectivity index (χ3v) is 25.3. The van der Waals surface area contributed by atoms with Crippen LogP contribution in [0.15, 0.2) is 272 Å². The zero-order valence-electron chi connectivity index (χ0n) is 62.9. The summed E-state index contributed by atoms with van der Waals surface area (Å²) >= 11 is 0. The molecule has 0 heterocycles. The molecule has 0 fully saturated rings. The lowest BCUT2D eigenvalue weighted by molar-refractivity contribution is 0.659. The van der Waals surface area contributed by atoms with Crippen molar-refractivity contribution in [3.05, 3.63) is 356 Å². The van der Waals surface area contributed by atoms with Gasteiger partial charge in [-0.3, -0.25) is 0 Å². The minimum absolute atomic E-state index is 0.120. The zero-order chi connectivity index (χ0) is 71.6. The standard InChI is InChI=1S/C102H92N2/c1-61-49-67(37-43-77(61)89-53-63(3)87(51-65(89)5)69-25-23-27-71(55-69)103(73-39-45-83-79-29-15-19-33-91(79)99(7,8)95(83)57-73)74-40-46-84-80-30-16-20-34-92(80)100(9,10)96(84)58-74)68-38-44-78(62(2)50-68)90-54-64(4)88(52-66(90)6)70-26-24-28-72(56-70)104(75-41-47-85-81-31-17-21-35-93(81)101(11,12)97(85)59-75)76-42-48-86-82-32-18-22-36-94(82)102(13,14)98(86)60-76/h15-23,25,27-52,54-60,63H,24,26,53H2,1-14H3. The van der Waals surface area contributed by atoms with Crippen LogP contribution < -0.4 is 9.80 Å². The van der Waals surface area contributed by atoms with Gasteiger partial charge in [-0.2, -0.15) is 0 Å². The van der Waals surface area contributed by atoms with E-state index in [9.17, 15) is 0 Å². The average Bonchev–Trinajstić information content (AvgIpc) is 1.56. The maximum absolute atomic E-state index is 2.55. The molecule has 6 aliphatic carbocycles. The number of allylic oxidation sites excluding steroid dienone is 7. The lowest BCUT2D eigenvalue weighted by Gasteiger charge is -2.32. The smallest absolute Gasteiger partial charge is 0.0467 e. The summed E-state index contributed by atoms with van der Waals surface area (Å²) in [4.78, 5) is 5.07. The van der Waals surface area contributed by atoms with Crippen molar-refractivity contribution < 1.29 is 0 Å². The van der Waals surface area contributed by atoms with Crippen molar-refractivity contribution in [2.24, 2.45) is 5.92 Å². The summed E-state index contributed by atoms with van der Waals surface area (Å²) in [5.41, 5.74) is 48.2. The summed E-state index contributed by atoms with van der Waals surface area (Å²) in [5, 5.41) is 0. The fraction of sp³-hybridized carbons (Fsp3) is 0.216. The van der Waals surface area contributed by atoms with Crippen LogP contribution in [-0.4, -0.2) is 0 Å². The maximum Gasteiger partial charge on any atom is 0.0467 e. The Morgan fingerprint density at radius 3 is 1.12 bits per heavy atom. The summed E-state index contributed by atoms with van der Waals surface area (Å²) < 4.78 is 0. The van der Waals surface area contributed by atoms with Crippen LogP contribution in [0.25, 0.3) is 83.5 Å². The number of rotatable bonds is 11. The molecular formula is C102H92N2. The van der Waals surface area contributed by atoms with Gasteiger partial charge in [0.05, 0.1) is 0 Å². The van der Waals surface area contributed by atoms with E-state index in [4.69, 9.17) is 0 Å². The fourth-order valence-corrected chi connectivity index (χ4v) is 19.6. The maximum atomic E-state index is 2.55. The number of nitrogens with zero attached hydrogens (tertiary/aromatic N) is 2. The molecule has 2 heteroatoms. The molecule has 0 radical (unpaired) electrons. The molecule has 0 bridgehead atoms. The Labute approximate surface area is 617 Å². The van der Waals surface area contributed by atoms with Crippen molar-refractivity contribution >= 4 is 45.2 Å². The summed E-state index contributed by atoms with van der Waals surface area (Å²) in [6.07, 6.45) is 10.4. The van der Waals surface area contributed by atoms with Crippen molar-refractivity contribution in [3.8, 4) is 66.8 Å². The van der Waals surface area contributed by atoms with E-state index in [1.54, 1.807) is 0 Å². The Bertz CT molecular complexity index is 5590. The summed E-state index contributed by atoms with van der Waals surface area (Å²) in [6, 6.07) is 93.4. The van der Waals surface area contributed by atoms with Gasteiger partial charge in [0, 0.05) is 55.8 Å². The van der Waals surface area contributed by atoms with Crippen LogP contribution in [0.2, 0.25) is 0 Å². The van der Waals surface area contributed by atoms with Crippen LogP contribution in [0.4, 0.5) is 28.4 Å². The first-order valence-electron chi connectivity index (χ1n) is 37.9. The lowest BCUT2D eigenvalue weighted by atomic mass is 9.78. The molecular weight excluding hydrogens is 1250 g/mol. The van der Waals surface area contributed by atoms with Crippen LogP contribution in [-0.2, 0) is 21.7 Å². The van der Waals surface area contributed by atoms with Crippen LogP contribution >= 0.6 is 0 Å². The molecule has 0 spiro atoms. The van der Waals surface area contributed by atoms with Crippen molar-refractivity contribution in [2.45, 2.75) is 138 Å². The van der Waals surface area contributed by atoms with Gasteiger partial charge >= 0.3 is 0 Å². The van der Waals surface area contributed by atoms with Gasteiger partial charge in [0.25, 0.3) is 0 Å². The summed E-state index contributed by atoms with van der Waals surface area (Å²) in [5.74, 6) is 0.312. The van der Waals surface area contributed by atoms with Gasteiger partial charge in [-0.1, -0.05) is 256 Å². The van der Waals surface area contributed by atoms with E-state index < -0.39 is 0 Å². The lowest BCUT2D eigenvalue weighted by Crippen LogP contribution is -2.20. The van der Waals surface area contributed by atoms with E-state index in [2.05, 4.69) is 368 Å². The SMILES string of the molecule is CC1=C(c2ccc(-c3ccc(-c4cc(C)c(C5=CC(N(c6ccc7c(c6)C(C)(C)c6ccccc6-7)c6ccc7c(c6)C(C)(C)c6ccccc6-7)=CCC5)cc4C)c(C)c3)cc2C)CC(C)C(c2cccc(N(c3ccc4c(c3)C(C)(C)c3ccccc3-4)c3ccc4c(c3)C(C)(C)c3ccccc3-4)c2)=C1. The second-order valence-corrected chi connectivity index (χ2v) is 33.1. The second-order valence-electron chi connectivity index (χ2n) is 33.1. The molecule has 104 heavy (non-hydrogen) atoms. The van der Waals surface area contributed by atoms with Gasteiger partial charge in [0.15, 0.2) is 0 Å². The van der Waals surface area contributed by atoms with Crippen LogP contribution in [0.1, 0.15) is 172 Å². The first-order chi connectivity index (χ1) is 50.0. The predicted molar refractivity (Wildman–Crippen MR) is 442 cm³/mol. The average molecular weight is 1350 g/mol. The second kappa shape index (κ2) is 23.9. The zero-order valence-corrected chi connectivity index (χ0v) is 62.9. The highest BCUT2D eigenvalue weighted by molar-refractivity contribution is 5.93. The predicted octanol–water partition coefficient (Wildman–Crippen LogP) is 27.7. The molecule has 12 aromatic carbocycles. The monoisotopic (exact) mass is 1340 g/mol. The number of benzene rings is 12. The fourth-order valence-electron chi connectivity index (χ4n) is 19.6. The van der Waals surface area contributed by atoms with E-state index in [0.717, 1.165) is 24.9 Å². The van der Waals surface area contributed by atoms with E-state index in [0.29, 0.717) is 5.92 Å². The van der Waals surface area contributed by atoms with Gasteiger partial charge in [0.1, 0.15) is 0 Å². The highest BCUT2D eigenvalue weighted by atomic mass is 15.2. The number of hydrogen-bond acceptors (Lipinski definition) is 2. The molecule has 0 amide bonds. The summed E-state index contributed by atoms with van der Waals surface area (Å²) in [6.45, 7) is 33.1. The third kappa shape index (κ3) is 10.1. The quantitative estimate of drug-likeness (QED) is 0.127. The molecule has 0 aromatic heterocycles. The van der Waals surface area contributed by atoms with Gasteiger partial charge in [-0.05, 0) is 299 Å². The Kier molecular flexibility index (Phi) is 15.0. The van der Waals surface area contributed by atoms with Crippen LogP contribution in [0.5, 0.6) is 0 Å². The summed E-state index contributed by atoms with van der Waals surface area (Å²) in [7, 11) is 0. The van der Waals surface area contributed by atoms with Crippen molar-refractivity contribution in [1.29, 1.82) is 0 Å². The molecule has 510 valence electrons. The van der Waals surface area contributed by atoms with Crippen LogP contribution in [0.3, 0.4) is 0 Å². The first kappa shape index (κ1) is 65.2. The molecule has 12 aromatic rings. The Hall–Kier alpha value is -10.8. The molecule has 1 unspecified atom stereocenters. The Morgan fingerprint density at radius 2 is 0.673 bits per heavy atom. The van der Waals surface area contributed by atoms with Crippen molar-refractivity contribution in [1.82, 2.24) is 0 Å². The molecule has 0 saturated heterocycles. The van der Waals surface area contributed by atoms with Crippen LogP contribution in [0, 0.1) is 33.6 Å². The topological polar surface area (TPSA) is 6.48 Å². The van der Waals surface area contributed by atoms with Gasteiger partial charge < -0.3 is 9.80 Å². The molecule has 18 rings (SSSR count). The van der Waals surface area contributed by atoms with Gasteiger partial charge in [-0.25, -0.2) is 0 Å². The minimum atomic E-state index is -0.127. The van der Waals surface area contributed by atoms with Crippen molar-refractivity contribution in [2.75, 3.05) is 9.80 Å². The van der Waals surface area contributed by atoms with E-state index in [1.807, 2.05) is 0 Å². The third-order valence-electron chi connectivity index (χ3n) is 25.3. The van der Waals surface area contributed by atoms with E-state index >= 15 is 0 Å². The number of fused-ring (bicyclic) bond motifs is 12. The minimum Gasteiger partial charge on any atom is -0.311 e. The Balaban J connectivity index is 0.627.